The lowest BCUT2D eigenvalue weighted by Gasteiger charge is -2.25. The minimum Gasteiger partial charge on any atom is -0.481 e. The number of carbonyl (C=O) groups is 3. The maximum atomic E-state index is 12.4. The minimum absolute atomic E-state index is 0.247. The molecule has 106 valence electrons. The second-order valence-electron chi connectivity index (χ2n) is 4.89. The van der Waals surface area contributed by atoms with E-state index in [1.165, 1.54) is 11.8 Å². The first kappa shape index (κ1) is 14.0. The van der Waals surface area contributed by atoms with E-state index in [1.807, 2.05) is 0 Å². The van der Waals surface area contributed by atoms with Gasteiger partial charge >= 0.3 is 11.9 Å². The predicted molar refractivity (Wildman–Crippen MR) is 70.5 cm³/mol. The Balaban J connectivity index is 2.33. The Morgan fingerprint density at radius 1 is 1.30 bits per heavy atom. The molecule has 1 aromatic rings. The summed E-state index contributed by atoms with van der Waals surface area (Å²) in [6.45, 7) is 1.50. The number of anilines is 1. The largest absolute Gasteiger partial charge is 0.481 e. The summed E-state index contributed by atoms with van der Waals surface area (Å²) in [5.41, 5.74) is 1.35. The van der Waals surface area contributed by atoms with Crippen LogP contribution in [0.5, 0.6) is 0 Å². The summed E-state index contributed by atoms with van der Waals surface area (Å²) < 4.78 is 0. The molecule has 1 aliphatic rings. The molecule has 1 aromatic carbocycles. The lowest BCUT2D eigenvalue weighted by Crippen LogP contribution is -2.45. The van der Waals surface area contributed by atoms with Gasteiger partial charge in [0.15, 0.2) is 0 Å². The molecule has 0 bridgehead atoms. The molecule has 2 rings (SSSR count). The van der Waals surface area contributed by atoms with Gasteiger partial charge in [0.25, 0.3) is 0 Å². The quantitative estimate of drug-likeness (QED) is 0.860. The van der Waals surface area contributed by atoms with Crippen molar-refractivity contribution in [2.45, 2.75) is 25.8 Å². The molecule has 0 saturated carbocycles. The van der Waals surface area contributed by atoms with E-state index < -0.39 is 29.8 Å². The van der Waals surface area contributed by atoms with Crippen LogP contribution in [-0.2, 0) is 20.8 Å². The number of fused-ring (bicyclic) bond motifs is 1. The molecular formula is C14H15NO5. The molecular weight excluding hydrogens is 262 g/mol. The number of rotatable bonds is 4. The van der Waals surface area contributed by atoms with Crippen LogP contribution in [0.2, 0.25) is 0 Å². The van der Waals surface area contributed by atoms with E-state index >= 15 is 0 Å². The highest BCUT2D eigenvalue weighted by molar-refractivity contribution is 6.03. The Bertz CT molecular complexity index is 568. The molecule has 6 heteroatoms. The van der Waals surface area contributed by atoms with Crippen LogP contribution in [0.15, 0.2) is 24.3 Å². The fourth-order valence-corrected chi connectivity index (χ4v) is 2.44. The van der Waals surface area contributed by atoms with Crippen LogP contribution >= 0.6 is 0 Å². The number of hydrogen-bond donors (Lipinski definition) is 2. The number of carboxylic acids is 2. The van der Waals surface area contributed by atoms with Crippen LogP contribution in [0.1, 0.15) is 18.9 Å². The maximum absolute atomic E-state index is 12.4. The van der Waals surface area contributed by atoms with Gasteiger partial charge in [0.05, 0.1) is 6.42 Å². The standard InChI is InChI=1S/C14H15NO5/c1-8(6-12(16)17)13(18)15-10-5-3-2-4-9(10)7-11(15)14(19)20/h2-5,8,11H,6-7H2,1H3,(H,16,17)(H,19,20)/t8-,11+/m1/s1. The van der Waals surface area contributed by atoms with Gasteiger partial charge in [-0.1, -0.05) is 25.1 Å². The number of nitrogens with zero attached hydrogens (tertiary/aromatic N) is 1. The topological polar surface area (TPSA) is 94.9 Å². The molecule has 0 spiro atoms. The van der Waals surface area contributed by atoms with Crippen molar-refractivity contribution in [2.75, 3.05) is 4.90 Å². The molecule has 20 heavy (non-hydrogen) atoms. The highest BCUT2D eigenvalue weighted by Crippen LogP contribution is 2.33. The average molecular weight is 277 g/mol. The second-order valence-corrected chi connectivity index (χ2v) is 4.89. The third-order valence-corrected chi connectivity index (χ3v) is 3.40. The zero-order chi connectivity index (χ0) is 14.9. The Morgan fingerprint density at radius 3 is 2.55 bits per heavy atom. The van der Waals surface area contributed by atoms with E-state index in [2.05, 4.69) is 0 Å². The highest BCUT2D eigenvalue weighted by atomic mass is 16.4. The average Bonchev–Trinajstić information content (AvgIpc) is 2.76. The van der Waals surface area contributed by atoms with Gasteiger partial charge in [-0.05, 0) is 11.6 Å². The molecule has 2 atom stereocenters. The van der Waals surface area contributed by atoms with Crippen molar-refractivity contribution in [1.29, 1.82) is 0 Å². The first-order valence-corrected chi connectivity index (χ1v) is 6.27. The van der Waals surface area contributed by atoms with Crippen LogP contribution in [0.4, 0.5) is 5.69 Å². The van der Waals surface area contributed by atoms with E-state index in [9.17, 15) is 19.5 Å². The monoisotopic (exact) mass is 277 g/mol. The van der Waals surface area contributed by atoms with E-state index in [0.717, 1.165) is 5.56 Å². The summed E-state index contributed by atoms with van der Waals surface area (Å²) >= 11 is 0. The number of aliphatic carboxylic acids is 2. The predicted octanol–water partition coefficient (Wildman–Crippen LogP) is 1.14. The van der Waals surface area contributed by atoms with Gasteiger partial charge in [-0.2, -0.15) is 0 Å². The van der Waals surface area contributed by atoms with E-state index in [-0.39, 0.29) is 12.8 Å². The van der Waals surface area contributed by atoms with Crippen LogP contribution in [0.25, 0.3) is 0 Å². The van der Waals surface area contributed by atoms with E-state index in [0.29, 0.717) is 5.69 Å². The molecule has 6 nitrogen and oxygen atoms in total. The van der Waals surface area contributed by atoms with Gasteiger partial charge in [0.2, 0.25) is 5.91 Å². The van der Waals surface area contributed by atoms with E-state index in [1.54, 1.807) is 24.3 Å². The normalized spacial score (nSPS) is 18.4. The third-order valence-electron chi connectivity index (χ3n) is 3.40. The number of carbonyl (C=O) groups excluding carboxylic acids is 1. The van der Waals surface area contributed by atoms with Crippen LogP contribution in [-0.4, -0.2) is 34.1 Å². The molecule has 0 aromatic heterocycles. The van der Waals surface area contributed by atoms with Crippen molar-refractivity contribution in [3.05, 3.63) is 29.8 Å². The molecule has 1 aliphatic heterocycles. The second kappa shape index (κ2) is 5.32. The van der Waals surface area contributed by atoms with Crippen LogP contribution < -0.4 is 4.90 Å². The molecule has 2 N–H and O–H groups in total. The van der Waals surface area contributed by atoms with Crippen molar-refractivity contribution < 1.29 is 24.6 Å². The Labute approximate surface area is 115 Å². The fourth-order valence-electron chi connectivity index (χ4n) is 2.44. The minimum atomic E-state index is -1.09. The van der Waals surface area contributed by atoms with Crippen LogP contribution in [0.3, 0.4) is 0 Å². The molecule has 0 radical (unpaired) electrons. The Hall–Kier alpha value is -2.37. The van der Waals surface area contributed by atoms with Gasteiger partial charge in [-0.3, -0.25) is 14.5 Å². The highest BCUT2D eigenvalue weighted by Gasteiger charge is 2.39. The number of carboxylic acid groups (broad SMARTS) is 2. The lowest BCUT2D eigenvalue weighted by molar-refractivity contribution is -0.141. The van der Waals surface area contributed by atoms with Crippen molar-refractivity contribution in [3.63, 3.8) is 0 Å². The van der Waals surface area contributed by atoms with Crippen molar-refractivity contribution in [1.82, 2.24) is 0 Å². The summed E-state index contributed by atoms with van der Waals surface area (Å²) in [6.07, 6.45) is -0.0686. The number of amides is 1. The summed E-state index contributed by atoms with van der Waals surface area (Å²) in [4.78, 5) is 35.6. The molecule has 1 amide bonds. The summed E-state index contributed by atoms with van der Waals surface area (Å²) in [5, 5.41) is 18.0. The molecule has 0 aliphatic carbocycles. The zero-order valence-electron chi connectivity index (χ0n) is 10.9. The van der Waals surface area contributed by atoms with Gasteiger partial charge in [0.1, 0.15) is 6.04 Å². The Kier molecular flexibility index (Phi) is 3.74. The van der Waals surface area contributed by atoms with Crippen molar-refractivity contribution in [2.24, 2.45) is 5.92 Å². The van der Waals surface area contributed by atoms with Crippen molar-refractivity contribution in [3.8, 4) is 0 Å². The number of hydrogen-bond acceptors (Lipinski definition) is 3. The van der Waals surface area contributed by atoms with Crippen LogP contribution in [0, 0.1) is 5.92 Å². The third kappa shape index (κ3) is 2.49. The zero-order valence-corrected chi connectivity index (χ0v) is 10.9. The lowest BCUT2D eigenvalue weighted by atomic mass is 10.1. The fraction of sp³-hybridized carbons (Fsp3) is 0.357. The van der Waals surface area contributed by atoms with Gasteiger partial charge in [-0.25, -0.2) is 4.79 Å². The summed E-state index contributed by atoms with van der Waals surface area (Å²) in [5.74, 6) is -3.40. The maximum Gasteiger partial charge on any atom is 0.327 e. The van der Waals surface area contributed by atoms with Gasteiger partial charge < -0.3 is 10.2 Å². The van der Waals surface area contributed by atoms with Crippen molar-refractivity contribution >= 4 is 23.5 Å². The van der Waals surface area contributed by atoms with Gasteiger partial charge in [0, 0.05) is 18.0 Å². The SMILES string of the molecule is C[C@H](CC(=O)O)C(=O)N1c2ccccc2C[C@H]1C(=O)O. The number of para-hydroxylation sites is 1. The molecule has 0 unspecified atom stereocenters. The first-order chi connectivity index (χ1) is 9.41. The first-order valence-electron chi connectivity index (χ1n) is 6.27. The summed E-state index contributed by atoms with van der Waals surface area (Å²) in [6, 6.07) is 6.01. The van der Waals surface area contributed by atoms with E-state index in [4.69, 9.17) is 5.11 Å². The molecule has 0 fully saturated rings. The smallest absolute Gasteiger partial charge is 0.327 e. The molecule has 1 heterocycles. The number of benzene rings is 1. The molecule has 0 saturated heterocycles. The Morgan fingerprint density at radius 2 is 1.95 bits per heavy atom. The van der Waals surface area contributed by atoms with Gasteiger partial charge in [-0.15, -0.1) is 0 Å². The summed E-state index contributed by atoms with van der Waals surface area (Å²) in [7, 11) is 0.